The lowest BCUT2D eigenvalue weighted by atomic mass is 10.0. The fourth-order valence-corrected chi connectivity index (χ4v) is 3.35. The predicted molar refractivity (Wildman–Crippen MR) is 116 cm³/mol. The molecule has 1 N–H and O–H groups in total. The van der Waals surface area contributed by atoms with Crippen LogP contribution in [0.1, 0.15) is 36.7 Å². The van der Waals surface area contributed by atoms with Gasteiger partial charge in [0, 0.05) is 31.5 Å². The molecule has 2 aromatic carbocycles. The average molecular weight is 419 g/mol. The van der Waals surface area contributed by atoms with Crippen molar-refractivity contribution in [2.75, 3.05) is 26.4 Å². The van der Waals surface area contributed by atoms with Gasteiger partial charge in [0.2, 0.25) is 0 Å². The molecule has 0 aliphatic carbocycles. The third kappa shape index (κ3) is 9.06. The van der Waals surface area contributed by atoms with E-state index in [4.69, 9.17) is 18.0 Å². The monoisotopic (exact) mass is 418 g/mol. The Morgan fingerprint density at radius 3 is 2.07 bits per heavy atom. The Morgan fingerprint density at radius 1 is 1.00 bits per heavy atom. The molecule has 0 saturated carbocycles. The molecule has 2 aromatic rings. The molecule has 158 valence electrons. The van der Waals surface area contributed by atoms with Gasteiger partial charge in [0.25, 0.3) is 0 Å². The number of ether oxygens (including phenoxy) is 1. The molecule has 7 heteroatoms. The number of benzene rings is 2. The van der Waals surface area contributed by atoms with Gasteiger partial charge in [-0.25, -0.2) is 0 Å². The minimum atomic E-state index is -1.73. The van der Waals surface area contributed by atoms with Crippen LogP contribution in [0.4, 0.5) is 0 Å². The molecule has 0 saturated heterocycles. The number of hydrogen-bond donors (Lipinski definition) is 1. The summed E-state index contributed by atoms with van der Waals surface area (Å²) in [6.07, 6.45) is 1.61. The molecule has 0 aliphatic rings. The fourth-order valence-electron chi connectivity index (χ4n) is 2.25. The highest BCUT2D eigenvalue weighted by molar-refractivity contribution is 6.36. The van der Waals surface area contributed by atoms with Crippen LogP contribution in [0.3, 0.4) is 0 Å². The minimum absolute atomic E-state index is 0.0876. The van der Waals surface area contributed by atoms with E-state index in [1.165, 1.54) is 6.07 Å². The molecule has 0 aliphatic heterocycles. The first-order chi connectivity index (χ1) is 14.1. The maximum atomic E-state index is 12.2. The Kier molecular flexibility index (Phi) is 12.3. The van der Waals surface area contributed by atoms with E-state index >= 15 is 0 Å². The highest BCUT2D eigenvalue weighted by Gasteiger charge is 2.14. The number of hydrogen-bond acceptors (Lipinski definition) is 6. The number of ketones is 1. The molecule has 0 heterocycles. The highest BCUT2D eigenvalue weighted by atomic mass is 28.3. The van der Waals surface area contributed by atoms with Crippen LogP contribution < -0.4 is 4.74 Å². The van der Waals surface area contributed by atoms with Gasteiger partial charge in [0.15, 0.2) is 5.78 Å². The standard InChI is InChI=1S/C16H14O3.C6H16O3Si/c1-2-10-19-13-8-9-14(15(17)11-13)16(18)12-6-4-3-5-7-12;1-4-7-10(8-5-2)9-6-3/h2-9,11,17H,1,10H2;10H,4-6H2,1-3H3. The van der Waals surface area contributed by atoms with E-state index in [2.05, 4.69) is 6.58 Å². The first kappa shape index (κ1) is 24.6. The molecule has 0 spiro atoms. The lowest BCUT2D eigenvalue weighted by Crippen LogP contribution is -2.27. The van der Waals surface area contributed by atoms with Crippen LogP contribution in [-0.4, -0.2) is 46.8 Å². The fraction of sp³-hybridized carbons (Fsp3) is 0.318. The summed E-state index contributed by atoms with van der Waals surface area (Å²) in [5, 5.41) is 9.90. The number of phenolic OH excluding ortho intramolecular Hbond substituents is 1. The summed E-state index contributed by atoms with van der Waals surface area (Å²) >= 11 is 0. The van der Waals surface area contributed by atoms with E-state index in [0.717, 1.165) is 0 Å². The SMILES string of the molecule is C=CCOc1ccc(C(=O)c2ccccc2)c(O)c1.CCO[SiH](OCC)OCC. The van der Waals surface area contributed by atoms with E-state index in [0.29, 0.717) is 37.7 Å². The Labute approximate surface area is 174 Å². The molecular weight excluding hydrogens is 388 g/mol. The minimum Gasteiger partial charge on any atom is -0.507 e. The van der Waals surface area contributed by atoms with Crippen molar-refractivity contribution in [3.8, 4) is 11.5 Å². The molecule has 0 fully saturated rings. The molecule has 2 rings (SSSR count). The van der Waals surface area contributed by atoms with Gasteiger partial charge in [0.05, 0.1) is 5.56 Å². The lowest BCUT2D eigenvalue weighted by Gasteiger charge is -2.12. The Hall–Kier alpha value is -2.45. The van der Waals surface area contributed by atoms with Gasteiger partial charge in [0.1, 0.15) is 18.1 Å². The number of rotatable bonds is 11. The Bertz CT molecular complexity index is 721. The van der Waals surface area contributed by atoms with Crippen molar-refractivity contribution in [2.24, 2.45) is 0 Å². The molecule has 0 bridgehead atoms. The smallest absolute Gasteiger partial charge is 0.484 e. The average Bonchev–Trinajstić information content (AvgIpc) is 2.73. The molecule has 0 atom stereocenters. The van der Waals surface area contributed by atoms with E-state index < -0.39 is 9.53 Å². The zero-order valence-corrected chi connectivity index (χ0v) is 18.5. The van der Waals surface area contributed by atoms with Gasteiger partial charge in [-0.05, 0) is 32.9 Å². The van der Waals surface area contributed by atoms with E-state index in [9.17, 15) is 9.90 Å². The molecule has 0 radical (unpaired) electrons. The van der Waals surface area contributed by atoms with Gasteiger partial charge in [-0.1, -0.05) is 43.0 Å². The molecule has 0 aromatic heterocycles. The Morgan fingerprint density at radius 2 is 1.59 bits per heavy atom. The lowest BCUT2D eigenvalue weighted by molar-refractivity contribution is 0.103. The number of carbonyl (C=O) groups is 1. The first-order valence-electron chi connectivity index (χ1n) is 9.58. The first-order valence-corrected chi connectivity index (χ1v) is 11.0. The summed E-state index contributed by atoms with van der Waals surface area (Å²) in [4.78, 5) is 12.2. The van der Waals surface area contributed by atoms with Crippen molar-refractivity contribution in [1.29, 1.82) is 0 Å². The number of aromatic hydroxyl groups is 1. The zero-order valence-electron chi connectivity index (χ0n) is 17.3. The predicted octanol–water partition coefficient (Wildman–Crippen LogP) is 4.00. The van der Waals surface area contributed by atoms with Crippen LogP contribution in [0.15, 0.2) is 61.2 Å². The maximum Gasteiger partial charge on any atom is 0.484 e. The van der Waals surface area contributed by atoms with Gasteiger partial charge in [-0.3, -0.25) is 4.79 Å². The number of carbonyl (C=O) groups excluding carboxylic acids is 1. The van der Waals surface area contributed by atoms with Crippen molar-refractivity contribution in [2.45, 2.75) is 20.8 Å². The van der Waals surface area contributed by atoms with E-state index in [1.54, 1.807) is 42.5 Å². The summed E-state index contributed by atoms with van der Waals surface area (Å²) in [6.45, 7) is 11.8. The van der Waals surface area contributed by atoms with Crippen molar-refractivity contribution in [1.82, 2.24) is 0 Å². The van der Waals surface area contributed by atoms with Crippen LogP contribution in [0.25, 0.3) is 0 Å². The summed E-state index contributed by atoms with van der Waals surface area (Å²) in [5.41, 5.74) is 0.801. The van der Waals surface area contributed by atoms with Crippen LogP contribution >= 0.6 is 0 Å². The Balaban J connectivity index is 0.000000359. The van der Waals surface area contributed by atoms with Crippen LogP contribution in [0, 0.1) is 0 Å². The number of phenols is 1. The topological polar surface area (TPSA) is 74.2 Å². The third-order valence-corrected chi connectivity index (χ3v) is 5.34. The van der Waals surface area contributed by atoms with E-state index in [1.807, 2.05) is 26.8 Å². The largest absolute Gasteiger partial charge is 0.507 e. The van der Waals surface area contributed by atoms with Gasteiger partial charge >= 0.3 is 9.53 Å². The highest BCUT2D eigenvalue weighted by Crippen LogP contribution is 2.25. The van der Waals surface area contributed by atoms with Crippen LogP contribution in [-0.2, 0) is 13.3 Å². The maximum absolute atomic E-state index is 12.2. The quantitative estimate of drug-likeness (QED) is 0.338. The summed E-state index contributed by atoms with van der Waals surface area (Å²) in [5.74, 6) is 0.200. The van der Waals surface area contributed by atoms with Gasteiger partial charge in [-0.15, -0.1) is 0 Å². The van der Waals surface area contributed by atoms with Crippen molar-refractivity contribution >= 4 is 15.3 Å². The second kappa shape index (κ2) is 14.5. The summed E-state index contributed by atoms with van der Waals surface area (Å²) in [7, 11) is -1.73. The molecule has 0 amide bonds. The summed E-state index contributed by atoms with van der Waals surface area (Å²) in [6, 6.07) is 13.5. The molecule has 0 unspecified atom stereocenters. The van der Waals surface area contributed by atoms with Gasteiger partial charge in [-0.2, -0.15) is 0 Å². The third-order valence-electron chi connectivity index (χ3n) is 3.53. The summed E-state index contributed by atoms with van der Waals surface area (Å²) < 4.78 is 20.9. The van der Waals surface area contributed by atoms with Crippen molar-refractivity contribution in [3.05, 3.63) is 72.3 Å². The second-order valence-corrected chi connectivity index (χ2v) is 7.21. The van der Waals surface area contributed by atoms with E-state index in [-0.39, 0.29) is 17.1 Å². The molecule has 29 heavy (non-hydrogen) atoms. The normalized spacial score (nSPS) is 10.2. The van der Waals surface area contributed by atoms with Crippen LogP contribution in [0.5, 0.6) is 11.5 Å². The molecule has 6 nitrogen and oxygen atoms in total. The molecular formula is C22H30O6Si. The van der Waals surface area contributed by atoms with Gasteiger partial charge < -0.3 is 23.1 Å². The van der Waals surface area contributed by atoms with Crippen molar-refractivity contribution < 1.29 is 27.9 Å². The zero-order chi connectivity index (χ0) is 21.5. The van der Waals surface area contributed by atoms with Crippen molar-refractivity contribution in [3.63, 3.8) is 0 Å². The second-order valence-electron chi connectivity index (χ2n) is 5.63. The van der Waals surface area contributed by atoms with Crippen LogP contribution in [0.2, 0.25) is 0 Å².